The molecular formula is C12H15ClN2O5S. The highest BCUT2D eigenvalue weighted by Crippen LogP contribution is 2.32. The van der Waals surface area contributed by atoms with Gasteiger partial charge in [0.15, 0.2) is 0 Å². The molecule has 1 heterocycles. The van der Waals surface area contributed by atoms with Crippen LogP contribution in [0.15, 0.2) is 17.0 Å². The number of anilines is 1. The molecule has 0 saturated carbocycles. The number of benzene rings is 1. The van der Waals surface area contributed by atoms with Crippen molar-refractivity contribution in [2.24, 2.45) is 0 Å². The van der Waals surface area contributed by atoms with Crippen molar-refractivity contribution in [3.05, 3.63) is 22.7 Å². The Morgan fingerprint density at radius 2 is 2.24 bits per heavy atom. The zero-order valence-electron chi connectivity index (χ0n) is 11.2. The summed E-state index contributed by atoms with van der Waals surface area (Å²) >= 11 is 5.98. The number of halogens is 1. The lowest BCUT2D eigenvalue weighted by atomic mass is 10.2. The van der Waals surface area contributed by atoms with Gasteiger partial charge in [0.05, 0.1) is 30.7 Å². The fraction of sp³-hybridized carbons (Fsp3) is 0.417. The average Bonchev–Trinajstić information content (AvgIpc) is 2.76. The Morgan fingerprint density at radius 3 is 2.86 bits per heavy atom. The van der Waals surface area contributed by atoms with Gasteiger partial charge >= 0.3 is 0 Å². The number of rotatable bonds is 6. The van der Waals surface area contributed by atoms with Gasteiger partial charge in [0.1, 0.15) is 4.90 Å². The predicted octanol–water partition coefficient (Wildman–Crippen LogP) is 0.120. The maximum atomic E-state index is 12.3. The van der Waals surface area contributed by atoms with E-state index in [4.69, 9.17) is 21.4 Å². The smallest absolute Gasteiger partial charge is 0.242 e. The summed E-state index contributed by atoms with van der Waals surface area (Å²) in [6.45, 7) is -0.381. The minimum absolute atomic E-state index is 0.00226. The van der Waals surface area contributed by atoms with E-state index in [2.05, 4.69) is 10.0 Å². The van der Waals surface area contributed by atoms with E-state index in [0.717, 1.165) is 0 Å². The Kier molecular flexibility index (Phi) is 4.84. The number of ether oxygens (including phenoxy) is 1. The molecule has 21 heavy (non-hydrogen) atoms. The zero-order chi connectivity index (χ0) is 15.6. The largest absolute Gasteiger partial charge is 0.395 e. The third kappa shape index (κ3) is 3.53. The number of sulfonamides is 1. The first-order valence-corrected chi connectivity index (χ1v) is 7.98. The van der Waals surface area contributed by atoms with Gasteiger partial charge in [-0.15, -0.1) is 0 Å². The molecule has 116 valence electrons. The van der Waals surface area contributed by atoms with E-state index in [9.17, 15) is 13.2 Å². The van der Waals surface area contributed by atoms with E-state index >= 15 is 0 Å². The average molecular weight is 335 g/mol. The number of fused-ring (bicyclic) bond motifs is 1. The topological polar surface area (TPSA) is 105 Å². The van der Waals surface area contributed by atoms with E-state index in [1.54, 1.807) is 0 Å². The Labute approximate surface area is 127 Å². The Bertz CT molecular complexity index is 662. The number of aliphatic hydroxyl groups excluding tert-OH is 1. The summed E-state index contributed by atoms with van der Waals surface area (Å²) in [5.74, 6) is -0.212. The van der Waals surface area contributed by atoms with Crippen LogP contribution >= 0.6 is 11.6 Å². The molecule has 0 bridgehead atoms. The summed E-state index contributed by atoms with van der Waals surface area (Å²) in [7, 11) is -2.53. The molecule has 1 unspecified atom stereocenters. The zero-order valence-corrected chi connectivity index (χ0v) is 12.8. The van der Waals surface area contributed by atoms with Crippen LogP contribution in [0.3, 0.4) is 0 Å². The highest BCUT2D eigenvalue weighted by molar-refractivity contribution is 7.89. The summed E-state index contributed by atoms with van der Waals surface area (Å²) in [4.78, 5) is 11.2. The van der Waals surface area contributed by atoms with E-state index in [1.807, 2.05) is 0 Å². The van der Waals surface area contributed by atoms with Gasteiger partial charge in [0, 0.05) is 12.8 Å². The molecule has 1 aliphatic heterocycles. The van der Waals surface area contributed by atoms with Crippen molar-refractivity contribution in [2.75, 3.05) is 25.6 Å². The third-order valence-electron chi connectivity index (χ3n) is 2.98. The molecule has 0 saturated heterocycles. The maximum Gasteiger partial charge on any atom is 0.242 e. The van der Waals surface area contributed by atoms with Crippen LogP contribution in [0.4, 0.5) is 5.69 Å². The number of hydrogen-bond donors (Lipinski definition) is 3. The van der Waals surface area contributed by atoms with Crippen molar-refractivity contribution < 1.29 is 23.1 Å². The van der Waals surface area contributed by atoms with Crippen molar-refractivity contribution in [1.29, 1.82) is 0 Å². The second kappa shape index (κ2) is 6.29. The molecule has 0 radical (unpaired) electrons. The van der Waals surface area contributed by atoms with E-state index in [0.29, 0.717) is 11.3 Å². The number of nitrogens with one attached hydrogen (secondary N) is 2. The molecule has 9 heteroatoms. The lowest BCUT2D eigenvalue weighted by Crippen LogP contribution is -2.40. The first kappa shape index (κ1) is 16.2. The molecule has 3 N–H and O–H groups in total. The number of hydrogen-bond acceptors (Lipinski definition) is 5. The normalized spacial score (nSPS) is 15.7. The Morgan fingerprint density at radius 1 is 1.52 bits per heavy atom. The van der Waals surface area contributed by atoms with Gasteiger partial charge in [-0.25, -0.2) is 13.1 Å². The van der Waals surface area contributed by atoms with Crippen LogP contribution in [0.2, 0.25) is 5.02 Å². The first-order valence-electron chi connectivity index (χ1n) is 6.11. The first-order chi connectivity index (χ1) is 9.87. The summed E-state index contributed by atoms with van der Waals surface area (Å²) in [5, 5.41) is 11.7. The lowest BCUT2D eigenvalue weighted by Gasteiger charge is -2.16. The van der Waals surface area contributed by atoms with Gasteiger partial charge < -0.3 is 15.2 Å². The number of carbonyl (C=O) groups excluding carboxylic acids is 1. The van der Waals surface area contributed by atoms with Crippen LogP contribution in [0.25, 0.3) is 0 Å². The van der Waals surface area contributed by atoms with Gasteiger partial charge in [0.25, 0.3) is 0 Å². The summed E-state index contributed by atoms with van der Waals surface area (Å²) in [6.07, 6.45) is 0.108. The molecule has 0 aromatic heterocycles. The SMILES string of the molecule is COCC(CO)NS(=O)(=O)c1cc2c(cc1Cl)NC(=O)C2. The van der Waals surface area contributed by atoms with Gasteiger partial charge in [-0.3, -0.25) is 4.79 Å². The molecule has 1 aliphatic rings. The van der Waals surface area contributed by atoms with Gasteiger partial charge in [-0.1, -0.05) is 11.6 Å². The van der Waals surface area contributed by atoms with Crippen LogP contribution in [-0.2, 0) is 26.0 Å². The minimum atomic E-state index is -3.92. The number of methoxy groups -OCH3 is 1. The molecule has 1 aromatic carbocycles. The molecule has 0 spiro atoms. The molecule has 0 fully saturated rings. The predicted molar refractivity (Wildman–Crippen MR) is 76.9 cm³/mol. The lowest BCUT2D eigenvalue weighted by molar-refractivity contribution is -0.115. The highest BCUT2D eigenvalue weighted by atomic mass is 35.5. The highest BCUT2D eigenvalue weighted by Gasteiger charge is 2.26. The fourth-order valence-corrected chi connectivity index (χ4v) is 3.83. The van der Waals surface area contributed by atoms with Crippen LogP contribution < -0.4 is 10.0 Å². The van der Waals surface area contributed by atoms with Crippen molar-refractivity contribution in [1.82, 2.24) is 4.72 Å². The van der Waals surface area contributed by atoms with Gasteiger partial charge in [-0.2, -0.15) is 0 Å². The molecule has 1 amide bonds. The van der Waals surface area contributed by atoms with E-state index < -0.39 is 22.7 Å². The molecule has 1 aromatic rings. The second-order valence-corrected chi connectivity index (χ2v) is 6.71. The molecule has 1 atom stereocenters. The maximum absolute atomic E-state index is 12.3. The van der Waals surface area contributed by atoms with Crippen molar-refractivity contribution in [2.45, 2.75) is 17.4 Å². The van der Waals surface area contributed by atoms with E-state index in [1.165, 1.54) is 19.2 Å². The van der Waals surface area contributed by atoms with Crippen LogP contribution in [-0.4, -0.2) is 45.8 Å². The number of amides is 1. The van der Waals surface area contributed by atoms with Crippen LogP contribution in [0, 0.1) is 0 Å². The molecule has 0 aliphatic carbocycles. The fourth-order valence-electron chi connectivity index (χ4n) is 2.04. The molecular weight excluding hydrogens is 320 g/mol. The molecule has 7 nitrogen and oxygen atoms in total. The summed E-state index contributed by atoms with van der Waals surface area (Å²) < 4.78 is 31.8. The summed E-state index contributed by atoms with van der Waals surface area (Å²) in [5.41, 5.74) is 1.08. The third-order valence-corrected chi connectivity index (χ3v) is 4.97. The quantitative estimate of drug-likeness (QED) is 0.685. The molecule has 2 rings (SSSR count). The van der Waals surface area contributed by atoms with Crippen molar-refractivity contribution in [3.63, 3.8) is 0 Å². The number of carbonyl (C=O) groups is 1. The Hall–Kier alpha value is -1.19. The van der Waals surface area contributed by atoms with Gasteiger partial charge in [-0.05, 0) is 17.7 Å². The minimum Gasteiger partial charge on any atom is -0.395 e. The monoisotopic (exact) mass is 334 g/mol. The summed E-state index contributed by atoms with van der Waals surface area (Å²) in [6, 6.07) is 1.99. The van der Waals surface area contributed by atoms with Crippen molar-refractivity contribution >= 4 is 33.2 Å². The second-order valence-electron chi connectivity index (χ2n) is 4.62. The van der Waals surface area contributed by atoms with Crippen molar-refractivity contribution in [3.8, 4) is 0 Å². The van der Waals surface area contributed by atoms with Crippen LogP contribution in [0.5, 0.6) is 0 Å². The standard InChI is InChI=1S/C12H15ClN2O5S/c1-20-6-8(5-16)15-21(18,19)11-2-7-3-12(17)14-10(7)4-9(11)13/h2,4,8,15-16H,3,5-6H2,1H3,(H,14,17). The van der Waals surface area contributed by atoms with E-state index in [-0.39, 0.29) is 28.9 Å². The van der Waals surface area contributed by atoms with Crippen LogP contribution in [0.1, 0.15) is 5.56 Å². The van der Waals surface area contributed by atoms with Gasteiger partial charge in [0.2, 0.25) is 15.9 Å². The number of aliphatic hydroxyl groups is 1. The Balaban J connectivity index is 2.33.